The highest BCUT2D eigenvalue weighted by Gasteiger charge is 2.41. The van der Waals surface area contributed by atoms with E-state index in [1.165, 1.54) is 5.56 Å². The van der Waals surface area contributed by atoms with Crippen LogP contribution >= 0.6 is 0 Å². The van der Waals surface area contributed by atoms with E-state index in [2.05, 4.69) is 17.4 Å². The zero-order valence-corrected chi connectivity index (χ0v) is 16.4. The molecule has 29 heavy (non-hydrogen) atoms. The fourth-order valence-electron chi connectivity index (χ4n) is 4.74. The molecule has 1 aliphatic carbocycles. The number of piperidine rings is 1. The van der Waals surface area contributed by atoms with E-state index in [9.17, 15) is 14.4 Å². The molecule has 1 aromatic carbocycles. The van der Waals surface area contributed by atoms with Crippen LogP contribution in [0.1, 0.15) is 43.6 Å². The van der Waals surface area contributed by atoms with E-state index < -0.39 is 23.8 Å². The van der Waals surface area contributed by atoms with Crippen molar-refractivity contribution in [2.45, 2.75) is 38.0 Å². The summed E-state index contributed by atoms with van der Waals surface area (Å²) in [6, 6.07) is 10.3. The Labute approximate surface area is 170 Å². The molecule has 8 nitrogen and oxygen atoms in total. The first-order valence-corrected chi connectivity index (χ1v) is 10.2. The molecular formula is C21H29N3O5. The number of hydrogen-bond donors (Lipinski definition) is 4. The molecule has 0 unspecified atom stereocenters. The standard InChI is InChI=1S/C21H29N3O5/c25-19(23-29)18-12-14(13-22-21(27)28)6-7-17(18)20(26)24-10-8-16(9-11-24)15-4-2-1-3-5-15/h1-5,14,16-18,22,29H,6-13H2,(H,23,25)(H,27,28)/t14-,17+,18+/m1/s1. The molecule has 1 aliphatic heterocycles. The SMILES string of the molecule is O=C(O)NC[C@@H]1CC[C@H](C(=O)N2CCC(c3ccccc3)CC2)[C@@H](C(=O)NO)C1. The van der Waals surface area contributed by atoms with Crippen molar-refractivity contribution in [3.8, 4) is 0 Å². The first-order valence-electron chi connectivity index (χ1n) is 10.2. The van der Waals surface area contributed by atoms with Gasteiger partial charge in [0, 0.05) is 25.6 Å². The highest BCUT2D eigenvalue weighted by Crippen LogP contribution is 2.36. The number of carbonyl (C=O) groups is 3. The van der Waals surface area contributed by atoms with Crippen LogP contribution in [0.25, 0.3) is 0 Å². The van der Waals surface area contributed by atoms with Crippen molar-refractivity contribution in [1.82, 2.24) is 15.7 Å². The molecular weight excluding hydrogens is 374 g/mol. The topological polar surface area (TPSA) is 119 Å². The average molecular weight is 403 g/mol. The number of carboxylic acid groups (broad SMARTS) is 1. The van der Waals surface area contributed by atoms with Crippen LogP contribution in [-0.2, 0) is 9.59 Å². The number of carbonyl (C=O) groups excluding carboxylic acids is 2. The maximum Gasteiger partial charge on any atom is 0.404 e. The number of likely N-dealkylation sites (tertiary alicyclic amines) is 1. The van der Waals surface area contributed by atoms with Gasteiger partial charge in [-0.15, -0.1) is 0 Å². The second-order valence-corrected chi connectivity index (χ2v) is 8.06. The van der Waals surface area contributed by atoms with Crippen LogP contribution in [-0.4, -0.2) is 52.8 Å². The van der Waals surface area contributed by atoms with Crippen LogP contribution in [0.5, 0.6) is 0 Å². The van der Waals surface area contributed by atoms with Crippen LogP contribution in [0.3, 0.4) is 0 Å². The lowest BCUT2D eigenvalue weighted by Crippen LogP contribution is -2.49. The van der Waals surface area contributed by atoms with Crippen LogP contribution in [0.2, 0.25) is 0 Å². The minimum absolute atomic E-state index is 0.0266. The summed E-state index contributed by atoms with van der Waals surface area (Å²) in [5.74, 6) is -1.31. The molecule has 4 N–H and O–H groups in total. The molecule has 3 atom stereocenters. The van der Waals surface area contributed by atoms with Gasteiger partial charge in [-0.1, -0.05) is 30.3 Å². The highest BCUT2D eigenvalue weighted by atomic mass is 16.5. The van der Waals surface area contributed by atoms with Crippen molar-refractivity contribution in [1.29, 1.82) is 0 Å². The summed E-state index contributed by atoms with van der Waals surface area (Å²) >= 11 is 0. The van der Waals surface area contributed by atoms with Crippen LogP contribution < -0.4 is 10.8 Å². The van der Waals surface area contributed by atoms with Gasteiger partial charge in [-0.05, 0) is 49.5 Å². The summed E-state index contributed by atoms with van der Waals surface area (Å²) in [6.45, 7) is 1.56. The van der Waals surface area contributed by atoms with Crippen molar-refractivity contribution in [3.05, 3.63) is 35.9 Å². The number of hydrogen-bond acceptors (Lipinski definition) is 4. The zero-order chi connectivity index (χ0) is 20.8. The summed E-state index contributed by atoms with van der Waals surface area (Å²) in [6.07, 6.45) is 2.25. The van der Waals surface area contributed by atoms with Crippen LogP contribution in [0.4, 0.5) is 4.79 Å². The Morgan fingerprint density at radius 1 is 1.00 bits per heavy atom. The molecule has 3 rings (SSSR count). The Balaban J connectivity index is 1.60. The predicted octanol–water partition coefficient (Wildman–Crippen LogP) is 2.20. The molecule has 1 heterocycles. The van der Waals surface area contributed by atoms with Crippen LogP contribution in [0, 0.1) is 17.8 Å². The number of nitrogens with zero attached hydrogens (tertiary/aromatic N) is 1. The van der Waals surface area contributed by atoms with Crippen molar-refractivity contribution in [3.63, 3.8) is 0 Å². The maximum absolute atomic E-state index is 13.2. The Bertz CT molecular complexity index is 718. The summed E-state index contributed by atoms with van der Waals surface area (Å²) in [5, 5.41) is 20.3. The number of amides is 3. The molecule has 2 aliphatic rings. The fourth-order valence-corrected chi connectivity index (χ4v) is 4.74. The van der Waals surface area contributed by atoms with E-state index in [4.69, 9.17) is 10.3 Å². The van der Waals surface area contributed by atoms with E-state index in [1.54, 1.807) is 5.48 Å². The number of nitrogens with one attached hydrogen (secondary N) is 2. The smallest absolute Gasteiger partial charge is 0.404 e. The Morgan fingerprint density at radius 2 is 1.69 bits per heavy atom. The van der Waals surface area contributed by atoms with E-state index in [1.807, 2.05) is 23.1 Å². The normalized spacial score (nSPS) is 25.3. The Hall–Kier alpha value is -2.61. The second-order valence-electron chi connectivity index (χ2n) is 8.06. The van der Waals surface area contributed by atoms with Crippen molar-refractivity contribution in [2.75, 3.05) is 19.6 Å². The minimum atomic E-state index is -1.10. The number of benzene rings is 1. The quantitative estimate of drug-likeness (QED) is 0.444. The molecule has 0 radical (unpaired) electrons. The molecule has 8 heteroatoms. The largest absolute Gasteiger partial charge is 0.465 e. The predicted molar refractivity (Wildman–Crippen MR) is 105 cm³/mol. The third kappa shape index (κ3) is 5.26. The van der Waals surface area contributed by atoms with Gasteiger partial charge >= 0.3 is 6.09 Å². The summed E-state index contributed by atoms with van der Waals surface area (Å²) in [7, 11) is 0. The molecule has 0 spiro atoms. The fraction of sp³-hybridized carbons (Fsp3) is 0.571. The summed E-state index contributed by atoms with van der Waals surface area (Å²) in [4.78, 5) is 37.9. The van der Waals surface area contributed by atoms with Gasteiger partial charge in [-0.2, -0.15) is 0 Å². The van der Waals surface area contributed by atoms with Gasteiger partial charge in [-0.25, -0.2) is 10.3 Å². The lowest BCUT2D eigenvalue weighted by atomic mass is 9.72. The Kier molecular flexibility index (Phi) is 7.09. The molecule has 158 valence electrons. The van der Waals surface area contributed by atoms with Crippen LogP contribution in [0.15, 0.2) is 30.3 Å². The van der Waals surface area contributed by atoms with Gasteiger partial charge in [0.05, 0.1) is 5.92 Å². The molecule has 1 saturated heterocycles. The van der Waals surface area contributed by atoms with Gasteiger partial charge in [-0.3, -0.25) is 14.8 Å². The highest BCUT2D eigenvalue weighted by molar-refractivity contribution is 5.87. The number of hydroxylamine groups is 1. The van der Waals surface area contributed by atoms with Crippen molar-refractivity contribution in [2.24, 2.45) is 17.8 Å². The number of rotatable bonds is 5. The molecule has 3 amide bonds. The zero-order valence-electron chi connectivity index (χ0n) is 16.4. The van der Waals surface area contributed by atoms with Crippen molar-refractivity contribution < 1.29 is 24.7 Å². The van der Waals surface area contributed by atoms with E-state index in [-0.39, 0.29) is 18.4 Å². The second kappa shape index (κ2) is 9.73. The lowest BCUT2D eigenvalue weighted by Gasteiger charge is -2.39. The first-order chi connectivity index (χ1) is 14.0. The molecule has 1 aromatic rings. The summed E-state index contributed by atoms with van der Waals surface area (Å²) in [5.41, 5.74) is 2.99. The van der Waals surface area contributed by atoms with Gasteiger partial charge in [0.1, 0.15) is 0 Å². The van der Waals surface area contributed by atoms with Gasteiger partial charge in [0.15, 0.2) is 0 Å². The lowest BCUT2D eigenvalue weighted by molar-refractivity contribution is -0.148. The van der Waals surface area contributed by atoms with Gasteiger partial charge in [0.2, 0.25) is 11.8 Å². The monoisotopic (exact) mass is 403 g/mol. The van der Waals surface area contributed by atoms with E-state index in [0.717, 1.165) is 12.8 Å². The molecule has 1 saturated carbocycles. The third-order valence-electron chi connectivity index (χ3n) is 6.34. The molecule has 0 aromatic heterocycles. The third-order valence-corrected chi connectivity index (χ3v) is 6.34. The minimum Gasteiger partial charge on any atom is -0.465 e. The maximum atomic E-state index is 13.2. The summed E-state index contributed by atoms with van der Waals surface area (Å²) < 4.78 is 0. The van der Waals surface area contributed by atoms with Crippen molar-refractivity contribution >= 4 is 17.9 Å². The first kappa shape index (κ1) is 21.1. The van der Waals surface area contributed by atoms with Gasteiger partial charge < -0.3 is 15.3 Å². The molecule has 2 fully saturated rings. The Morgan fingerprint density at radius 3 is 2.31 bits per heavy atom. The van der Waals surface area contributed by atoms with E-state index >= 15 is 0 Å². The van der Waals surface area contributed by atoms with Gasteiger partial charge in [0.25, 0.3) is 0 Å². The van der Waals surface area contributed by atoms with E-state index in [0.29, 0.717) is 38.3 Å². The molecule has 0 bridgehead atoms. The average Bonchev–Trinajstić information content (AvgIpc) is 2.77.